The third-order valence-corrected chi connectivity index (χ3v) is 4.23. The molecule has 0 fully saturated rings. The summed E-state index contributed by atoms with van der Waals surface area (Å²) in [5.74, 6) is -0.753. The van der Waals surface area contributed by atoms with Gasteiger partial charge < -0.3 is 14.3 Å². The van der Waals surface area contributed by atoms with E-state index in [0.29, 0.717) is 11.1 Å². The van der Waals surface area contributed by atoms with Gasteiger partial charge in [0.25, 0.3) is 0 Å². The lowest BCUT2D eigenvalue weighted by atomic mass is 10.1. The van der Waals surface area contributed by atoms with Crippen LogP contribution in [0.25, 0.3) is 16.6 Å². The molecule has 4 rings (SSSR count). The quantitative estimate of drug-likeness (QED) is 0.440. The van der Waals surface area contributed by atoms with Crippen LogP contribution in [0.1, 0.15) is 20.7 Å². The highest BCUT2D eigenvalue weighted by molar-refractivity contribution is 6.09. The Morgan fingerprint density at radius 2 is 1.65 bits per heavy atom. The van der Waals surface area contributed by atoms with Gasteiger partial charge in [-0.25, -0.2) is 4.79 Å². The van der Waals surface area contributed by atoms with Gasteiger partial charge in [-0.15, -0.1) is 0 Å². The second-order valence-corrected chi connectivity index (χ2v) is 5.88. The van der Waals surface area contributed by atoms with E-state index in [1.54, 1.807) is 18.3 Å². The monoisotopic (exact) mass is 344 g/mol. The largest absolute Gasteiger partial charge is 0.454 e. The Bertz CT molecular complexity index is 1060. The molecule has 2 heterocycles. The summed E-state index contributed by atoms with van der Waals surface area (Å²) in [7, 11) is 0. The topological polar surface area (TPSA) is 64.1 Å². The molecule has 0 aliphatic rings. The minimum atomic E-state index is -0.516. The van der Waals surface area contributed by atoms with Crippen molar-refractivity contribution in [3.63, 3.8) is 0 Å². The number of nitrogens with one attached hydrogen (secondary N) is 1. The van der Waals surface area contributed by atoms with E-state index < -0.39 is 5.97 Å². The SMILES string of the molecule is O=C(OCC(=O)c1c[nH]c2ccccc12)c1ccc(-n2cccc2)cc1. The highest BCUT2D eigenvalue weighted by Crippen LogP contribution is 2.18. The van der Waals surface area contributed by atoms with E-state index in [4.69, 9.17) is 4.74 Å². The number of fused-ring (bicyclic) bond motifs is 1. The molecule has 1 N–H and O–H groups in total. The molecule has 0 radical (unpaired) electrons. The Kier molecular flexibility index (Phi) is 4.11. The van der Waals surface area contributed by atoms with Gasteiger partial charge in [0.1, 0.15) is 0 Å². The highest BCUT2D eigenvalue weighted by atomic mass is 16.5. The van der Waals surface area contributed by atoms with Gasteiger partial charge in [-0.3, -0.25) is 4.79 Å². The Morgan fingerprint density at radius 1 is 0.923 bits per heavy atom. The fourth-order valence-corrected chi connectivity index (χ4v) is 2.87. The van der Waals surface area contributed by atoms with Crippen LogP contribution >= 0.6 is 0 Å². The average Bonchev–Trinajstić information content (AvgIpc) is 3.36. The number of esters is 1. The first-order chi connectivity index (χ1) is 12.7. The van der Waals surface area contributed by atoms with E-state index in [-0.39, 0.29) is 12.4 Å². The third-order valence-electron chi connectivity index (χ3n) is 4.23. The van der Waals surface area contributed by atoms with Gasteiger partial charge >= 0.3 is 5.97 Å². The minimum absolute atomic E-state index is 0.236. The zero-order valence-electron chi connectivity index (χ0n) is 13.9. The van der Waals surface area contributed by atoms with Crippen LogP contribution in [0.4, 0.5) is 0 Å². The van der Waals surface area contributed by atoms with Crippen molar-refractivity contribution in [2.75, 3.05) is 6.61 Å². The summed E-state index contributed by atoms with van der Waals surface area (Å²) in [6.45, 7) is -0.292. The smallest absolute Gasteiger partial charge is 0.338 e. The summed E-state index contributed by atoms with van der Waals surface area (Å²) in [5.41, 5.74) is 2.76. The number of ether oxygens (including phenoxy) is 1. The lowest BCUT2D eigenvalue weighted by Crippen LogP contribution is -2.14. The van der Waals surface area contributed by atoms with E-state index in [1.807, 2.05) is 65.5 Å². The summed E-state index contributed by atoms with van der Waals surface area (Å²) >= 11 is 0. The van der Waals surface area contributed by atoms with Crippen LogP contribution in [-0.4, -0.2) is 27.9 Å². The normalized spacial score (nSPS) is 10.8. The van der Waals surface area contributed by atoms with Crippen LogP contribution in [0.15, 0.2) is 79.3 Å². The van der Waals surface area contributed by atoms with E-state index in [1.165, 1.54) is 0 Å². The van der Waals surface area contributed by atoms with Crippen LogP contribution < -0.4 is 0 Å². The fourth-order valence-electron chi connectivity index (χ4n) is 2.87. The van der Waals surface area contributed by atoms with Crippen LogP contribution in [-0.2, 0) is 4.74 Å². The average molecular weight is 344 g/mol. The minimum Gasteiger partial charge on any atom is -0.454 e. The molecule has 0 aliphatic heterocycles. The van der Waals surface area contributed by atoms with E-state index >= 15 is 0 Å². The molecule has 4 aromatic rings. The Labute approximate surface area is 149 Å². The highest BCUT2D eigenvalue weighted by Gasteiger charge is 2.15. The van der Waals surface area contributed by atoms with Gasteiger partial charge in [0, 0.05) is 40.7 Å². The molecule has 2 aromatic heterocycles. The van der Waals surface area contributed by atoms with Crippen LogP contribution in [0, 0.1) is 0 Å². The molecule has 0 aliphatic carbocycles. The molecule has 0 unspecified atom stereocenters. The molecule has 5 heteroatoms. The number of aromatic nitrogens is 2. The molecule has 0 amide bonds. The van der Waals surface area contributed by atoms with Crippen molar-refractivity contribution in [3.05, 3.63) is 90.4 Å². The number of carbonyl (C=O) groups is 2. The number of rotatable bonds is 5. The Morgan fingerprint density at radius 3 is 2.42 bits per heavy atom. The summed E-state index contributed by atoms with van der Waals surface area (Å²) in [5, 5.41) is 0.824. The Hall–Kier alpha value is -3.60. The van der Waals surface area contributed by atoms with Crippen LogP contribution in [0.3, 0.4) is 0 Å². The molecule has 26 heavy (non-hydrogen) atoms. The van der Waals surface area contributed by atoms with Crippen LogP contribution in [0.2, 0.25) is 0 Å². The molecule has 2 aromatic carbocycles. The maximum Gasteiger partial charge on any atom is 0.338 e. The predicted octanol–water partition coefficient (Wildman–Crippen LogP) is 4.00. The first kappa shape index (κ1) is 15.9. The van der Waals surface area contributed by atoms with Crippen molar-refractivity contribution in [2.24, 2.45) is 0 Å². The van der Waals surface area contributed by atoms with Gasteiger partial charge in [0.15, 0.2) is 6.61 Å². The van der Waals surface area contributed by atoms with Gasteiger partial charge in [-0.1, -0.05) is 18.2 Å². The summed E-state index contributed by atoms with van der Waals surface area (Å²) in [6.07, 6.45) is 5.49. The molecule has 0 saturated heterocycles. The third kappa shape index (κ3) is 3.02. The lowest BCUT2D eigenvalue weighted by molar-refractivity contribution is 0.0475. The predicted molar refractivity (Wildman–Crippen MR) is 98.7 cm³/mol. The van der Waals surface area contributed by atoms with Crippen molar-refractivity contribution in [1.29, 1.82) is 0 Å². The number of hydrogen-bond acceptors (Lipinski definition) is 3. The standard InChI is InChI=1S/C21H16N2O3/c24-20(18-13-22-19-6-2-1-5-17(18)19)14-26-21(25)15-7-9-16(10-8-15)23-11-3-4-12-23/h1-13,22H,14H2. The van der Waals surface area contributed by atoms with Crippen molar-refractivity contribution >= 4 is 22.7 Å². The van der Waals surface area contributed by atoms with Gasteiger partial charge in [0.2, 0.25) is 5.78 Å². The zero-order chi connectivity index (χ0) is 17.9. The zero-order valence-corrected chi connectivity index (χ0v) is 13.9. The van der Waals surface area contributed by atoms with Crippen molar-refractivity contribution < 1.29 is 14.3 Å². The molecular weight excluding hydrogens is 328 g/mol. The maximum atomic E-state index is 12.4. The number of H-pyrrole nitrogens is 1. The second kappa shape index (κ2) is 6.72. The Balaban J connectivity index is 1.43. The molecular formula is C21H16N2O3. The first-order valence-electron chi connectivity index (χ1n) is 8.22. The van der Waals surface area contributed by atoms with Crippen molar-refractivity contribution in [2.45, 2.75) is 0 Å². The number of hydrogen-bond donors (Lipinski definition) is 1. The summed E-state index contributed by atoms with van der Waals surface area (Å²) < 4.78 is 7.12. The number of benzene rings is 2. The van der Waals surface area contributed by atoms with E-state index in [0.717, 1.165) is 16.6 Å². The first-order valence-corrected chi connectivity index (χ1v) is 8.22. The van der Waals surface area contributed by atoms with E-state index in [2.05, 4.69) is 4.98 Å². The van der Waals surface area contributed by atoms with Gasteiger partial charge in [-0.2, -0.15) is 0 Å². The molecule has 5 nitrogen and oxygen atoms in total. The molecule has 0 saturated carbocycles. The second-order valence-electron chi connectivity index (χ2n) is 5.88. The molecule has 0 spiro atoms. The summed E-state index contributed by atoms with van der Waals surface area (Å²) in [4.78, 5) is 27.6. The van der Waals surface area contributed by atoms with E-state index in [9.17, 15) is 9.59 Å². The fraction of sp³-hybridized carbons (Fsp3) is 0.0476. The number of carbonyl (C=O) groups excluding carboxylic acids is 2. The van der Waals surface area contributed by atoms with Crippen molar-refractivity contribution in [3.8, 4) is 5.69 Å². The number of para-hydroxylation sites is 1. The number of aromatic amines is 1. The molecule has 128 valence electrons. The number of ketones is 1. The van der Waals surface area contributed by atoms with Gasteiger partial charge in [-0.05, 0) is 42.5 Å². The van der Waals surface area contributed by atoms with Gasteiger partial charge in [0.05, 0.1) is 5.56 Å². The molecule has 0 atom stereocenters. The maximum absolute atomic E-state index is 12.4. The van der Waals surface area contributed by atoms with Crippen molar-refractivity contribution in [1.82, 2.24) is 9.55 Å². The lowest BCUT2D eigenvalue weighted by Gasteiger charge is -2.06. The van der Waals surface area contributed by atoms with Crippen LogP contribution in [0.5, 0.6) is 0 Å². The number of Topliss-reactive ketones (excluding diaryl/α,β-unsaturated/α-hetero) is 1. The molecule has 0 bridgehead atoms. The number of nitrogens with zero attached hydrogens (tertiary/aromatic N) is 1. The summed E-state index contributed by atoms with van der Waals surface area (Å²) in [6, 6.07) is 18.4.